The van der Waals surface area contributed by atoms with E-state index >= 15 is 0 Å². The lowest BCUT2D eigenvalue weighted by Gasteiger charge is -2.19. The third-order valence-electron chi connectivity index (χ3n) is 3.29. The lowest BCUT2D eigenvalue weighted by Crippen LogP contribution is -2.32. The molecule has 1 aromatic carbocycles. The van der Waals surface area contributed by atoms with Gasteiger partial charge in [0.1, 0.15) is 0 Å². The van der Waals surface area contributed by atoms with Gasteiger partial charge in [-0.15, -0.1) is 0 Å². The van der Waals surface area contributed by atoms with E-state index in [0.29, 0.717) is 6.04 Å². The highest BCUT2D eigenvalue weighted by molar-refractivity contribution is 5.93. The Morgan fingerprint density at radius 3 is 2.72 bits per heavy atom. The molecule has 18 heavy (non-hydrogen) atoms. The van der Waals surface area contributed by atoms with Crippen molar-refractivity contribution in [1.29, 1.82) is 0 Å². The maximum Gasteiger partial charge on any atom is 0.0623 e. The van der Waals surface area contributed by atoms with E-state index in [0.717, 1.165) is 13.1 Å². The molecule has 2 aromatic rings. The summed E-state index contributed by atoms with van der Waals surface area (Å²) in [6, 6.07) is 9.10. The van der Waals surface area contributed by atoms with Gasteiger partial charge in [0.05, 0.1) is 5.69 Å². The monoisotopic (exact) mass is 245 g/mol. The molecule has 0 spiro atoms. The van der Waals surface area contributed by atoms with Crippen molar-refractivity contribution in [3.8, 4) is 0 Å². The summed E-state index contributed by atoms with van der Waals surface area (Å²) in [4.78, 5) is 2.32. The number of anilines is 1. The number of aromatic nitrogens is 1. The smallest absolute Gasteiger partial charge is 0.0623 e. The van der Waals surface area contributed by atoms with Crippen molar-refractivity contribution in [1.82, 2.24) is 9.88 Å². The van der Waals surface area contributed by atoms with E-state index in [-0.39, 0.29) is 0 Å². The highest BCUT2D eigenvalue weighted by Crippen LogP contribution is 2.27. The first-order valence-corrected chi connectivity index (χ1v) is 6.58. The average molecular weight is 245 g/mol. The van der Waals surface area contributed by atoms with Gasteiger partial charge in [-0.1, -0.05) is 32.0 Å². The summed E-state index contributed by atoms with van der Waals surface area (Å²) in [5.74, 6) is 0. The average Bonchev–Trinajstić information content (AvgIpc) is 2.67. The molecule has 0 aliphatic heterocycles. The first kappa shape index (κ1) is 13.0. The summed E-state index contributed by atoms with van der Waals surface area (Å²) < 4.78 is 2.19. The second-order valence-corrected chi connectivity index (χ2v) is 5.17. The van der Waals surface area contributed by atoms with Crippen molar-refractivity contribution in [2.24, 2.45) is 7.05 Å². The number of benzene rings is 1. The summed E-state index contributed by atoms with van der Waals surface area (Å²) >= 11 is 0. The predicted octanol–water partition coefficient (Wildman–Crippen LogP) is 2.61. The quantitative estimate of drug-likeness (QED) is 0.874. The minimum absolute atomic E-state index is 0.547. The Bertz CT molecular complexity index is 513. The first-order valence-electron chi connectivity index (χ1n) is 6.58. The second kappa shape index (κ2) is 5.44. The molecule has 1 heterocycles. The normalized spacial score (nSPS) is 11.4. The van der Waals surface area contributed by atoms with Gasteiger partial charge in [-0.2, -0.15) is 0 Å². The molecule has 0 saturated heterocycles. The molecule has 0 atom stereocenters. The number of hydrogen-bond donors (Lipinski definition) is 1. The van der Waals surface area contributed by atoms with Gasteiger partial charge >= 0.3 is 0 Å². The zero-order chi connectivity index (χ0) is 13.1. The largest absolute Gasteiger partial charge is 0.372 e. The van der Waals surface area contributed by atoms with Crippen LogP contribution in [-0.4, -0.2) is 30.7 Å². The van der Waals surface area contributed by atoms with Crippen LogP contribution in [0.1, 0.15) is 13.8 Å². The zero-order valence-corrected chi connectivity index (χ0v) is 11.8. The van der Waals surface area contributed by atoms with Gasteiger partial charge < -0.3 is 14.8 Å². The fourth-order valence-corrected chi connectivity index (χ4v) is 2.27. The Labute approximate surface area is 109 Å². The highest BCUT2D eigenvalue weighted by Gasteiger charge is 2.09. The van der Waals surface area contributed by atoms with Crippen LogP contribution in [0.5, 0.6) is 0 Å². The third kappa shape index (κ3) is 2.67. The van der Waals surface area contributed by atoms with E-state index in [1.807, 2.05) is 0 Å². The molecule has 0 aliphatic carbocycles. The van der Waals surface area contributed by atoms with Crippen LogP contribution >= 0.6 is 0 Å². The Morgan fingerprint density at radius 2 is 2.00 bits per heavy atom. The molecule has 0 fully saturated rings. The minimum atomic E-state index is 0.547. The number of hydrogen-bond acceptors (Lipinski definition) is 2. The maximum atomic E-state index is 3.45. The van der Waals surface area contributed by atoms with Crippen LogP contribution in [0.3, 0.4) is 0 Å². The molecule has 98 valence electrons. The van der Waals surface area contributed by atoms with Gasteiger partial charge in [-0.05, 0) is 6.07 Å². The summed E-state index contributed by atoms with van der Waals surface area (Å²) in [5.41, 5.74) is 2.59. The topological polar surface area (TPSA) is 20.2 Å². The second-order valence-electron chi connectivity index (χ2n) is 5.17. The lowest BCUT2D eigenvalue weighted by molar-refractivity contribution is 0.589. The van der Waals surface area contributed by atoms with E-state index in [9.17, 15) is 0 Å². The van der Waals surface area contributed by atoms with Crippen molar-refractivity contribution in [2.45, 2.75) is 19.9 Å². The third-order valence-corrected chi connectivity index (χ3v) is 3.29. The van der Waals surface area contributed by atoms with Crippen LogP contribution in [0, 0.1) is 0 Å². The number of nitrogens with zero attached hydrogens (tertiary/aromatic N) is 2. The lowest BCUT2D eigenvalue weighted by atomic mass is 10.2. The van der Waals surface area contributed by atoms with E-state index in [1.54, 1.807) is 0 Å². The van der Waals surface area contributed by atoms with Crippen LogP contribution < -0.4 is 10.2 Å². The van der Waals surface area contributed by atoms with E-state index in [1.165, 1.54) is 16.6 Å². The molecule has 1 aromatic heterocycles. The van der Waals surface area contributed by atoms with Gasteiger partial charge in [0.2, 0.25) is 0 Å². The Balaban J connectivity index is 2.15. The molecule has 1 N–H and O–H groups in total. The van der Waals surface area contributed by atoms with Crippen LogP contribution in [0.4, 0.5) is 5.69 Å². The molecule has 0 amide bonds. The van der Waals surface area contributed by atoms with Crippen molar-refractivity contribution < 1.29 is 0 Å². The van der Waals surface area contributed by atoms with Gasteiger partial charge in [0.25, 0.3) is 0 Å². The molecule has 0 radical (unpaired) electrons. The number of aryl methyl sites for hydroxylation is 1. The van der Waals surface area contributed by atoms with E-state index in [4.69, 9.17) is 0 Å². The Morgan fingerprint density at radius 1 is 1.28 bits per heavy atom. The first-order chi connectivity index (χ1) is 8.59. The van der Waals surface area contributed by atoms with E-state index in [2.05, 4.69) is 73.2 Å². The summed E-state index contributed by atoms with van der Waals surface area (Å²) in [6.45, 7) is 6.39. The number of para-hydroxylation sites is 1. The molecule has 3 nitrogen and oxygen atoms in total. The zero-order valence-electron chi connectivity index (χ0n) is 11.8. The molecular formula is C15H23N3. The number of rotatable bonds is 5. The summed E-state index contributed by atoms with van der Waals surface area (Å²) in [5, 5.41) is 4.78. The van der Waals surface area contributed by atoms with Gasteiger partial charge in [-0.25, -0.2) is 0 Å². The van der Waals surface area contributed by atoms with Gasteiger partial charge in [0.15, 0.2) is 0 Å². The predicted molar refractivity (Wildman–Crippen MR) is 79.3 cm³/mol. The van der Waals surface area contributed by atoms with Crippen molar-refractivity contribution >= 4 is 16.6 Å². The summed E-state index contributed by atoms with van der Waals surface area (Å²) in [6.07, 6.45) is 2.21. The van der Waals surface area contributed by atoms with Crippen LogP contribution in [0.25, 0.3) is 10.9 Å². The number of likely N-dealkylation sites (N-methyl/N-ethyl adjacent to an activating group) is 1. The fraction of sp³-hybridized carbons (Fsp3) is 0.467. The van der Waals surface area contributed by atoms with Crippen LogP contribution in [-0.2, 0) is 7.05 Å². The maximum absolute atomic E-state index is 3.45. The molecule has 0 saturated carbocycles. The molecule has 0 bridgehead atoms. The molecule has 3 heteroatoms. The molecule has 0 aliphatic rings. The Hall–Kier alpha value is -1.48. The highest BCUT2D eigenvalue weighted by atomic mass is 15.1. The summed E-state index contributed by atoms with van der Waals surface area (Å²) in [7, 11) is 4.26. The van der Waals surface area contributed by atoms with Crippen LogP contribution in [0.2, 0.25) is 0 Å². The number of nitrogens with one attached hydrogen (secondary N) is 1. The SMILES string of the molecule is CC(C)NCCN(C)c1cn(C)c2ccccc12. The van der Waals surface area contributed by atoms with Gasteiger partial charge in [0, 0.05) is 50.3 Å². The molecule has 0 unspecified atom stereocenters. The number of fused-ring (bicyclic) bond motifs is 1. The van der Waals surface area contributed by atoms with E-state index < -0.39 is 0 Å². The standard InChI is InChI=1S/C15H23N3/c1-12(2)16-9-10-17(3)15-11-18(4)14-8-6-5-7-13(14)15/h5-8,11-12,16H,9-10H2,1-4H3. The van der Waals surface area contributed by atoms with Crippen molar-refractivity contribution in [2.75, 3.05) is 25.0 Å². The molecular weight excluding hydrogens is 222 g/mol. The van der Waals surface area contributed by atoms with Crippen molar-refractivity contribution in [3.63, 3.8) is 0 Å². The fourth-order valence-electron chi connectivity index (χ4n) is 2.27. The van der Waals surface area contributed by atoms with Crippen molar-refractivity contribution in [3.05, 3.63) is 30.5 Å². The minimum Gasteiger partial charge on any atom is -0.372 e. The Kier molecular flexibility index (Phi) is 3.92. The van der Waals surface area contributed by atoms with Gasteiger partial charge in [-0.3, -0.25) is 0 Å². The molecule has 2 rings (SSSR count). The van der Waals surface area contributed by atoms with Crippen LogP contribution in [0.15, 0.2) is 30.5 Å².